The Labute approximate surface area is 226 Å². The van der Waals surface area contributed by atoms with Crippen LogP contribution in [0, 0.1) is 23.1 Å². The van der Waals surface area contributed by atoms with Crippen molar-refractivity contribution in [1.29, 1.82) is 5.26 Å². The fourth-order valence-corrected chi connectivity index (χ4v) is 4.87. The summed E-state index contributed by atoms with van der Waals surface area (Å²) in [5.74, 6) is 0.791. The van der Waals surface area contributed by atoms with E-state index in [4.69, 9.17) is 19.9 Å². The quantitative estimate of drug-likeness (QED) is 0.283. The third-order valence-corrected chi connectivity index (χ3v) is 6.66. The van der Waals surface area contributed by atoms with Gasteiger partial charge in [0.1, 0.15) is 24.1 Å². The van der Waals surface area contributed by atoms with Crippen molar-refractivity contribution in [2.45, 2.75) is 32.8 Å². The molecule has 0 amide bonds. The molecule has 1 unspecified atom stereocenters. The smallest absolute Gasteiger partial charge is 0.244 e. The summed E-state index contributed by atoms with van der Waals surface area (Å²) in [4.78, 5) is 0. The van der Waals surface area contributed by atoms with Gasteiger partial charge in [0.2, 0.25) is 11.8 Å². The number of nitriles is 1. The number of hydrogen-bond donors (Lipinski definition) is 2. The molecular formula is C31H29FN4O3. The van der Waals surface area contributed by atoms with Crippen LogP contribution in [0.1, 0.15) is 42.0 Å². The summed E-state index contributed by atoms with van der Waals surface area (Å²) in [5.41, 5.74) is 11.4. The van der Waals surface area contributed by atoms with Gasteiger partial charge in [-0.05, 0) is 41.7 Å². The molecule has 0 aliphatic carbocycles. The van der Waals surface area contributed by atoms with Crippen LogP contribution in [0.5, 0.6) is 17.4 Å². The first-order chi connectivity index (χ1) is 18.9. The Morgan fingerprint density at radius 2 is 1.79 bits per heavy atom. The number of nitrogens with zero attached hydrogens (tertiary/aromatic N) is 2. The van der Waals surface area contributed by atoms with Crippen LogP contribution in [-0.2, 0) is 13.0 Å². The molecule has 7 nitrogen and oxygen atoms in total. The molecule has 2 heterocycles. The second kappa shape index (κ2) is 10.9. The van der Waals surface area contributed by atoms with Crippen LogP contribution >= 0.6 is 0 Å². The molecule has 1 aromatic heterocycles. The fraction of sp³-hybridized carbons (Fsp3) is 0.226. The van der Waals surface area contributed by atoms with Gasteiger partial charge in [-0.25, -0.2) is 4.39 Å². The number of rotatable bonds is 8. The molecule has 0 bridgehead atoms. The summed E-state index contributed by atoms with van der Waals surface area (Å²) in [5, 5.41) is 17.7. The Morgan fingerprint density at radius 1 is 1.08 bits per heavy atom. The molecule has 1 aliphatic rings. The van der Waals surface area contributed by atoms with Crippen molar-refractivity contribution in [3.63, 3.8) is 0 Å². The molecule has 0 saturated heterocycles. The topological polar surface area (TPSA) is 106 Å². The van der Waals surface area contributed by atoms with Crippen molar-refractivity contribution < 1.29 is 18.6 Å². The molecule has 8 heteroatoms. The Morgan fingerprint density at radius 3 is 2.46 bits per heavy atom. The minimum atomic E-state index is -0.638. The Bertz CT molecular complexity index is 1550. The van der Waals surface area contributed by atoms with E-state index in [0.717, 1.165) is 23.2 Å². The monoisotopic (exact) mass is 524 g/mol. The first-order valence-electron chi connectivity index (χ1n) is 12.7. The second-order valence-corrected chi connectivity index (χ2v) is 9.83. The number of halogens is 1. The Hall–Kier alpha value is -4.77. The highest BCUT2D eigenvalue weighted by Crippen LogP contribution is 2.49. The summed E-state index contributed by atoms with van der Waals surface area (Å²) >= 11 is 0. The van der Waals surface area contributed by atoms with Crippen molar-refractivity contribution in [2.75, 3.05) is 7.11 Å². The molecule has 0 spiro atoms. The lowest BCUT2D eigenvalue weighted by Gasteiger charge is -2.26. The van der Waals surface area contributed by atoms with E-state index in [1.165, 1.54) is 17.7 Å². The van der Waals surface area contributed by atoms with Crippen molar-refractivity contribution in [3.05, 3.63) is 106 Å². The number of ether oxygens (including phenoxy) is 3. The number of nitrogens with two attached hydrogens (primary N) is 1. The van der Waals surface area contributed by atoms with Gasteiger partial charge in [0, 0.05) is 11.1 Å². The molecule has 1 atom stereocenters. The standard InChI is InChI=1S/C31H29FN4O3/c1-18(2)15-19-7-11-21(12-8-19)28-27-26(24(16-33)30(34)39-31(27)36-35-28)23-5-4-6-25(37-3)29(23)38-17-20-9-13-22(32)14-10-20/h4-14,18,26H,15,17,34H2,1-3H3,(H,35,36). The van der Waals surface area contributed by atoms with E-state index in [1.807, 2.05) is 24.3 Å². The normalized spacial score (nSPS) is 14.5. The van der Waals surface area contributed by atoms with Crippen LogP contribution in [0.4, 0.5) is 4.39 Å². The van der Waals surface area contributed by atoms with Crippen molar-refractivity contribution in [2.24, 2.45) is 11.7 Å². The van der Waals surface area contributed by atoms with Gasteiger partial charge in [-0.15, -0.1) is 5.10 Å². The van der Waals surface area contributed by atoms with E-state index >= 15 is 0 Å². The summed E-state index contributed by atoms with van der Waals surface area (Å²) in [7, 11) is 1.55. The third kappa shape index (κ3) is 5.16. The molecule has 0 radical (unpaired) electrons. The van der Waals surface area contributed by atoms with Crippen LogP contribution in [0.15, 0.2) is 78.2 Å². The van der Waals surface area contributed by atoms with E-state index in [9.17, 15) is 9.65 Å². The molecule has 4 aromatic rings. The molecule has 198 valence electrons. The number of fused-ring (bicyclic) bond motifs is 1. The summed E-state index contributed by atoms with van der Waals surface area (Å²) in [6.45, 7) is 4.54. The second-order valence-electron chi connectivity index (χ2n) is 9.83. The van der Waals surface area contributed by atoms with Gasteiger partial charge in [0.05, 0.1) is 24.3 Å². The average Bonchev–Trinajstić information content (AvgIpc) is 3.35. The number of hydrogen-bond acceptors (Lipinski definition) is 6. The number of aromatic amines is 1. The van der Waals surface area contributed by atoms with Crippen molar-refractivity contribution in [3.8, 4) is 34.7 Å². The van der Waals surface area contributed by atoms with Gasteiger partial charge in [-0.1, -0.05) is 62.4 Å². The van der Waals surface area contributed by atoms with Crippen LogP contribution in [0.25, 0.3) is 11.3 Å². The first-order valence-corrected chi connectivity index (χ1v) is 12.7. The van der Waals surface area contributed by atoms with Crippen LogP contribution < -0.4 is 19.9 Å². The largest absolute Gasteiger partial charge is 0.493 e. The van der Waals surface area contributed by atoms with Gasteiger partial charge in [0.15, 0.2) is 11.5 Å². The van der Waals surface area contributed by atoms with E-state index < -0.39 is 5.92 Å². The number of H-pyrrole nitrogens is 1. The number of allylic oxidation sites excluding steroid dienone is 1. The number of nitrogens with one attached hydrogen (secondary N) is 1. The van der Waals surface area contributed by atoms with E-state index in [0.29, 0.717) is 34.4 Å². The predicted octanol–water partition coefficient (Wildman–Crippen LogP) is 6.22. The number of para-hydroxylation sites is 1. The van der Waals surface area contributed by atoms with Crippen molar-refractivity contribution >= 4 is 0 Å². The van der Waals surface area contributed by atoms with Gasteiger partial charge in [-0.2, -0.15) is 5.26 Å². The van der Waals surface area contributed by atoms with Gasteiger partial charge in [-0.3, -0.25) is 5.10 Å². The maximum absolute atomic E-state index is 13.4. The van der Waals surface area contributed by atoms with E-state index in [2.05, 4.69) is 42.2 Å². The molecule has 5 rings (SSSR count). The minimum Gasteiger partial charge on any atom is -0.493 e. The average molecular weight is 525 g/mol. The maximum atomic E-state index is 13.4. The first kappa shape index (κ1) is 25.9. The lowest BCUT2D eigenvalue weighted by molar-refractivity contribution is 0.280. The van der Waals surface area contributed by atoms with Crippen molar-refractivity contribution in [1.82, 2.24) is 10.2 Å². The van der Waals surface area contributed by atoms with Crippen LogP contribution in [0.3, 0.4) is 0 Å². The molecular weight excluding hydrogens is 495 g/mol. The summed E-state index contributed by atoms with van der Waals surface area (Å²) in [6, 6.07) is 22.1. The van der Waals surface area contributed by atoms with Gasteiger partial charge < -0.3 is 19.9 Å². The minimum absolute atomic E-state index is 0.0207. The van der Waals surface area contributed by atoms with Crippen LogP contribution in [0.2, 0.25) is 0 Å². The highest BCUT2D eigenvalue weighted by atomic mass is 19.1. The van der Waals surface area contributed by atoms with E-state index in [1.54, 1.807) is 25.3 Å². The predicted molar refractivity (Wildman–Crippen MR) is 146 cm³/mol. The van der Waals surface area contributed by atoms with Gasteiger partial charge in [0.25, 0.3) is 0 Å². The van der Waals surface area contributed by atoms with Gasteiger partial charge >= 0.3 is 0 Å². The fourth-order valence-electron chi connectivity index (χ4n) is 4.87. The zero-order chi connectivity index (χ0) is 27.5. The lowest BCUT2D eigenvalue weighted by atomic mass is 9.82. The Kier molecular flexibility index (Phi) is 7.24. The number of benzene rings is 3. The highest BCUT2D eigenvalue weighted by molar-refractivity contribution is 5.72. The SMILES string of the molecule is COc1cccc(C2C(C#N)=C(N)Oc3n[nH]c(-c4ccc(CC(C)C)cc4)c32)c1OCc1ccc(F)cc1. The third-order valence-electron chi connectivity index (χ3n) is 6.66. The molecule has 0 fully saturated rings. The summed E-state index contributed by atoms with van der Waals surface area (Å²) in [6.07, 6.45) is 0.976. The van der Waals surface area contributed by atoms with E-state index in [-0.39, 0.29) is 23.9 Å². The zero-order valence-electron chi connectivity index (χ0n) is 22.0. The highest BCUT2D eigenvalue weighted by Gasteiger charge is 2.38. The molecule has 3 aromatic carbocycles. The maximum Gasteiger partial charge on any atom is 0.244 e. The molecule has 0 saturated carbocycles. The summed E-state index contributed by atoms with van der Waals surface area (Å²) < 4.78 is 31.1. The molecule has 3 N–H and O–H groups in total. The number of aromatic nitrogens is 2. The lowest BCUT2D eigenvalue weighted by Crippen LogP contribution is -2.21. The molecule has 39 heavy (non-hydrogen) atoms. The molecule has 1 aliphatic heterocycles. The number of methoxy groups -OCH3 is 1. The zero-order valence-corrected chi connectivity index (χ0v) is 22.0. The Balaban J connectivity index is 1.61. The van der Waals surface area contributed by atoms with Crippen LogP contribution in [-0.4, -0.2) is 17.3 Å².